The first-order chi connectivity index (χ1) is 9.24. The molecule has 1 aromatic carbocycles. The van der Waals surface area contributed by atoms with Crippen molar-refractivity contribution >= 4 is 21.6 Å². The fourth-order valence-electron chi connectivity index (χ4n) is 1.57. The number of hydrogen-bond donors (Lipinski definition) is 3. The van der Waals surface area contributed by atoms with Crippen molar-refractivity contribution in [2.24, 2.45) is 10.9 Å². The van der Waals surface area contributed by atoms with Gasteiger partial charge in [0, 0.05) is 24.3 Å². The maximum absolute atomic E-state index is 11.9. The van der Waals surface area contributed by atoms with Gasteiger partial charge in [-0.05, 0) is 31.2 Å². The Bertz CT molecular complexity index is 608. The van der Waals surface area contributed by atoms with E-state index in [1.165, 1.54) is 24.3 Å². The highest BCUT2D eigenvalue weighted by atomic mass is 32.2. The zero-order chi connectivity index (χ0) is 15.3. The summed E-state index contributed by atoms with van der Waals surface area (Å²) in [5, 5.41) is 13.9. The van der Waals surface area contributed by atoms with Crippen LogP contribution in [-0.2, 0) is 9.84 Å². The lowest BCUT2D eigenvalue weighted by atomic mass is 10.1. The van der Waals surface area contributed by atoms with Gasteiger partial charge in [-0.1, -0.05) is 5.16 Å². The van der Waals surface area contributed by atoms with Crippen LogP contribution in [-0.4, -0.2) is 37.7 Å². The number of amides is 1. The maximum Gasteiger partial charge on any atom is 0.251 e. The van der Waals surface area contributed by atoms with Crippen molar-refractivity contribution in [2.45, 2.75) is 24.3 Å². The van der Waals surface area contributed by atoms with Crippen LogP contribution in [0, 0.1) is 0 Å². The van der Waals surface area contributed by atoms with Crippen molar-refractivity contribution in [1.82, 2.24) is 5.32 Å². The van der Waals surface area contributed by atoms with Gasteiger partial charge in [0.1, 0.15) is 5.84 Å². The summed E-state index contributed by atoms with van der Waals surface area (Å²) in [6, 6.07) is 5.30. The number of sulfone groups is 1. The van der Waals surface area contributed by atoms with Crippen molar-refractivity contribution in [1.29, 1.82) is 0 Å². The quantitative estimate of drug-likeness (QED) is 0.313. The van der Waals surface area contributed by atoms with E-state index >= 15 is 0 Å². The number of oxime groups is 1. The van der Waals surface area contributed by atoms with Gasteiger partial charge in [0.05, 0.1) is 4.90 Å². The third-order valence-corrected chi connectivity index (χ3v) is 3.69. The molecule has 0 aliphatic carbocycles. The van der Waals surface area contributed by atoms with E-state index in [0.717, 1.165) is 6.26 Å². The molecule has 0 aliphatic rings. The van der Waals surface area contributed by atoms with Crippen molar-refractivity contribution in [3.05, 3.63) is 29.8 Å². The third-order valence-electron chi connectivity index (χ3n) is 2.57. The molecule has 1 unspecified atom stereocenters. The van der Waals surface area contributed by atoms with Gasteiger partial charge in [0.15, 0.2) is 9.84 Å². The Morgan fingerprint density at radius 2 is 1.95 bits per heavy atom. The zero-order valence-electron chi connectivity index (χ0n) is 11.2. The highest BCUT2D eigenvalue weighted by Gasteiger charge is 2.13. The minimum atomic E-state index is -3.28. The second-order valence-corrected chi connectivity index (χ2v) is 6.48. The van der Waals surface area contributed by atoms with E-state index in [0.29, 0.717) is 5.56 Å². The molecule has 20 heavy (non-hydrogen) atoms. The summed E-state index contributed by atoms with van der Waals surface area (Å²) < 4.78 is 22.6. The van der Waals surface area contributed by atoms with Crippen LogP contribution in [0.25, 0.3) is 0 Å². The van der Waals surface area contributed by atoms with Crippen molar-refractivity contribution in [2.75, 3.05) is 6.26 Å². The Hall–Kier alpha value is -2.09. The summed E-state index contributed by atoms with van der Waals surface area (Å²) in [7, 11) is -3.28. The molecule has 4 N–H and O–H groups in total. The summed E-state index contributed by atoms with van der Waals surface area (Å²) in [4.78, 5) is 12.0. The molecule has 110 valence electrons. The van der Waals surface area contributed by atoms with E-state index < -0.39 is 9.84 Å². The largest absolute Gasteiger partial charge is 0.409 e. The van der Waals surface area contributed by atoms with Crippen LogP contribution in [0.1, 0.15) is 23.7 Å². The fourth-order valence-corrected chi connectivity index (χ4v) is 2.20. The van der Waals surface area contributed by atoms with Crippen LogP contribution in [0.15, 0.2) is 34.3 Å². The molecule has 1 atom stereocenters. The van der Waals surface area contributed by atoms with E-state index in [9.17, 15) is 13.2 Å². The standard InChI is InChI=1S/C12H17N3O4S/c1-8(7-11(13)15-17)14-12(16)9-3-5-10(6-4-9)20(2,18)19/h3-6,8,17H,7H2,1-2H3,(H2,13,15)(H,14,16). The molecule has 8 heteroatoms. The second kappa shape index (κ2) is 6.38. The van der Waals surface area contributed by atoms with Gasteiger partial charge < -0.3 is 16.3 Å². The first kappa shape index (κ1) is 16.0. The maximum atomic E-state index is 11.9. The van der Waals surface area contributed by atoms with Crippen LogP contribution < -0.4 is 11.1 Å². The minimum absolute atomic E-state index is 0.0187. The average Bonchev–Trinajstić information content (AvgIpc) is 2.37. The lowest BCUT2D eigenvalue weighted by Gasteiger charge is -2.13. The van der Waals surface area contributed by atoms with Crippen LogP contribution in [0.2, 0.25) is 0 Å². The molecule has 0 aromatic heterocycles. The van der Waals surface area contributed by atoms with E-state index in [1.54, 1.807) is 6.92 Å². The van der Waals surface area contributed by atoms with Gasteiger partial charge in [-0.15, -0.1) is 0 Å². The lowest BCUT2D eigenvalue weighted by Crippen LogP contribution is -2.35. The number of nitrogens with one attached hydrogen (secondary N) is 1. The molecule has 0 bridgehead atoms. The fraction of sp³-hybridized carbons (Fsp3) is 0.333. The molecule has 1 amide bonds. The van der Waals surface area contributed by atoms with E-state index in [4.69, 9.17) is 10.9 Å². The van der Waals surface area contributed by atoms with Crippen LogP contribution in [0.3, 0.4) is 0 Å². The number of nitrogens with zero attached hydrogens (tertiary/aromatic N) is 1. The highest BCUT2D eigenvalue weighted by molar-refractivity contribution is 7.90. The van der Waals surface area contributed by atoms with Crippen molar-refractivity contribution < 1.29 is 18.4 Å². The van der Waals surface area contributed by atoms with Gasteiger partial charge in [-0.2, -0.15) is 0 Å². The predicted octanol–water partition coefficient (Wildman–Crippen LogP) is 0.345. The van der Waals surface area contributed by atoms with Crippen molar-refractivity contribution in [3.63, 3.8) is 0 Å². The lowest BCUT2D eigenvalue weighted by molar-refractivity contribution is 0.0941. The smallest absolute Gasteiger partial charge is 0.251 e. The number of hydrogen-bond acceptors (Lipinski definition) is 5. The van der Waals surface area contributed by atoms with Gasteiger partial charge in [0.2, 0.25) is 0 Å². The normalized spacial score (nSPS) is 13.8. The van der Waals surface area contributed by atoms with E-state index in [1.807, 2.05) is 0 Å². The molecule has 1 rings (SSSR count). The van der Waals surface area contributed by atoms with E-state index in [-0.39, 0.29) is 29.1 Å². The summed E-state index contributed by atoms with van der Waals surface area (Å²) in [5.41, 5.74) is 5.67. The zero-order valence-corrected chi connectivity index (χ0v) is 12.0. The van der Waals surface area contributed by atoms with Gasteiger partial charge in [-0.3, -0.25) is 4.79 Å². The topological polar surface area (TPSA) is 122 Å². The highest BCUT2D eigenvalue weighted by Crippen LogP contribution is 2.10. The number of carbonyl (C=O) groups is 1. The molecule has 7 nitrogen and oxygen atoms in total. The first-order valence-electron chi connectivity index (χ1n) is 5.81. The summed E-state index contributed by atoms with van der Waals surface area (Å²) in [6.45, 7) is 1.71. The second-order valence-electron chi connectivity index (χ2n) is 4.47. The molecule has 1 aromatic rings. The molecule has 0 saturated carbocycles. The number of nitrogens with two attached hydrogens (primary N) is 1. The molecular formula is C12H17N3O4S. The Balaban J connectivity index is 2.74. The summed E-state index contributed by atoms with van der Waals surface area (Å²) in [5.74, 6) is -0.339. The number of amidine groups is 1. The van der Waals surface area contributed by atoms with Gasteiger partial charge in [0.25, 0.3) is 5.91 Å². The molecular weight excluding hydrogens is 282 g/mol. The Labute approximate surface area is 117 Å². The number of carbonyl (C=O) groups excluding carboxylic acids is 1. The number of rotatable bonds is 5. The molecule has 0 saturated heterocycles. The monoisotopic (exact) mass is 299 g/mol. The third kappa shape index (κ3) is 4.54. The van der Waals surface area contributed by atoms with E-state index in [2.05, 4.69) is 10.5 Å². The van der Waals surface area contributed by atoms with Gasteiger partial charge in [-0.25, -0.2) is 8.42 Å². The summed E-state index contributed by atoms with van der Waals surface area (Å²) in [6.07, 6.45) is 1.31. The minimum Gasteiger partial charge on any atom is -0.409 e. The SMILES string of the molecule is CC(CC(N)=NO)NC(=O)c1ccc(S(C)(=O)=O)cc1. The molecule has 0 heterocycles. The van der Waals surface area contributed by atoms with Crippen LogP contribution >= 0.6 is 0 Å². The Morgan fingerprint density at radius 3 is 2.40 bits per heavy atom. The molecule has 0 fully saturated rings. The Kier molecular flexibility index (Phi) is 5.09. The predicted molar refractivity (Wildman–Crippen MR) is 74.5 cm³/mol. The number of benzene rings is 1. The Morgan fingerprint density at radius 1 is 1.40 bits per heavy atom. The van der Waals surface area contributed by atoms with Crippen LogP contribution in [0.5, 0.6) is 0 Å². The van der Waals surface area contributed by atoms with Gasteiger partial charge >= 0.3 is 0 Å². The molecule has 0 spiro atoms. The van der Waals surface area contributed by atoms with Crippen LogP contribution in [0.4, 0.5) is 0 Å². The first-order valence-corrected chi connectivity index (χ1v) is 7.70. The van der Waals surface area contributed by atoms with Crippen molar-refractivity contribution in [3.8, 4) is 0 Å². The molecule has 0 aliphatic heterocycles. The average molecular weight is 299 g/mol. The summed E-state index contributed by atoms with van der Waals surface area (Å²) >= 11 is 0. The molecule has 0 radical (unpaired) electrons.